The summed E-state index contributed by atoms with van der Waals surface area (Å²) in [4.78, 5) is 14.8. The molecule has 1 unspecified atom stereocenters. The molecule has 0 aromatic rings. The molecule has 0 aromatic carbocycles. The lowest BCUT2D eigenvalue weighted by atomic mass is 9.72. The van der Waals surface area contributed by atoms with E-state index in [2.05, 4.69) is 11.8 Å². The fourth-order valence-corrected chi connectivity index (χ4v) is 5.98. The van der Waals surface area contributed by atoms with Crippen LogP contribution in [0.15, 0.2) is 11.6 Å². The summed E-state index contributed by atoms with van der Waals surface area (Å²) in [6.45, 7) is 3.50. The van der Waals surface area contributed by atoms with E-state index in [1.807, 2.05) is 6.08 Å². The maximum Gasteiger partial charge on any atom is 0.331 e. The van der Waals surface area contributed by atoms with Crippen molar-refractivity contribution in [3.8, 4) is 0 Å². The van der Waals surface area contributed by atoms with E-state index in [1.165, 1.54) is 76.3 Å². The number of piperidine rings is 1. The average Bonchev–Trinajstić information content (AvgIpc) is 3.07. The Kier molecular flexibility index (Phi) is 4.73. The van der Waals surface area contributed by atoms with E-state index in [-0.39, 0.29) is 11.6 Å². The fourth-order valence-electron chi connectivity index (χ4n) is 5.98. The number of rotatable bonds is 7. The van der Waals surface area contributed by atoms with Gasteiger partial charge in [0, 0.05) is 18.5 Å². The Labute approximate surface area is 146 Å². The van der Waals surface area contributed by atoms with Crippen LogP contribution >= 0.6 is 0 Å². The highest BCUT2D eigenvalue weighted by Crippen LogP contribution is 2.56. The zero-order valence-corrected chi connectivity index (χ0v) is 15.3. The van der Waals surface area contributed by atoms with Gasteiger partial charge in [-0.05, 0) is 43.7 Å². The molecular weight excluding hydrogens is 298 g/mol. The third kappa shape index (κ3) is 2.73. The van der Waals surface area contributed by atoms with E-state index >= 15 is 0 Å². The van der Waals surface area contributed by atoms with Crippen molar-refractivity contribution in [1.82, 2.24) is 4.90 Å². The Bertz CT molecular complexity index is 514. The molecule has 3 aliphatic heterocycles. The minimum Gasteiger partial charge on any atom is -0.450 e. The summed E-state index contributed by atoms with van der Waals surface area (Å²) in [6, 6.07) is 1.14. The highest BCUT2D eigenvalue weighted by molar-refractivity contribution is 5.87. The molecule has 4 aliphatic rings. The normalized spacial score (nSPS) is 37.8. The van der Waals surface area contributed by atoms with Crippen LogP contribution < -0.4 is 0 Å². The van der Waals surface area contributed by atoms with E-state index < -0.39 is 0 Å². The number of carbonyl (C=O) groups excluding carboxylic acids is 1. The summed E-state index contributed by atoms with van der Waals surface area (Å²) >= 11 is 0. The molecule has 4 atom stereocenters. The molecule has 3 fully saturated rings. The number of fused-ring (bicyclic) bond motifs is 3. The molecule has 2 bridgehead atoms. The van der Waals surface area contributed by atoms with Gasteiger partial charge in [-0.3, -0.25) is 4.90 Å². The van der Waals surface area contributed by atoms with Gasteiger partial charge in [0.2, 0.25) is 0 Å². The summed E-state index contributed by atoms with van der Waals surface area (Å²) in [7, 11) is 0. The molecule has 4 rings (SSSR count). The van der Waals surface area contributed by atoms with Gasteiger partial charge in [-0.2, -0.15) is 0 Å². The largest absolute Gasteiger partial charge is 0.450 e. The topological polar surface area (TPSA) is 29.5 Å². The lowest BCUT2D eigenvalue weighted by Crippen LogP contribution is -2.48. The first-order chi connectivity index (χ1) is 11.7. The molecule has 3 heteroatoms. The predicted octanol–water partition coefficient (Wildman–Crippen LogP) is 4.61. The van der Waals surface area contributed by atoms with Crippen molar-refractivity contribution in [1.29, 1.82) is 0 Å². The van der Waals surface area contributed by atoms with Crippen LogP contribution in [-0.2, 0) is 9.53 Å². The second-order valence-corrected chi connectivity index (χ2v) is 8.52. The van der Waals surface area contributed by atoms with Gasteiger partial charge in [0.25, 0.3) is 0 Å². The van der Waals surface area contributed by atoms with Crippen molar-refractivity contribution in [2.75, 3.05) is 6.54 Å². The van der Waals surface area contributed by atoms with Crippen LogP contribution in [0, 0.1) is 5.92 Å². The average molecular weight is 332 g/mol. The van der Waals surface area contributed by atoms with Crippen LogP contribution in [0.2, 0.25) is 0 Å². The van der Waals surface area contributed by atoms with Gasteiger partial charge in [0.1, 0.15) is 0 Å². The molecule has 0 aromatic heterocycles. The lowest BCUT2D eigenvalue weighted by molar-refractivity contribution is -0.148. The number of unbranched alkanes of at least 4 members (excludes halogenated alkanes) is 5. The minimum atomic E-state index is -0.222. The fraction of sp³-hybridized carbons (Fsp3) is 0.857. The Balaban J connectivity index is 1.42. The van der Waals surface area contributed by atoms with Crippen LogP contribution in [0.4, 0.5) is 0 Å². The summed E-state index contributed by atoms with van der Waals surface area (Å²) < 4.78 is 5.96. The Morgan fingerprint density at radius 1 is 1.21 bits per heavy atom. The van der Waals surface area contributed by atoms with Crippen molar-refractivity contribution in [3.05, 3.63) is 11.6 Å². The lowest BCUT2D eigenvalue weighted by Gasteiger charge is -2.38. The molecular formula is C21H33NO2. The molecule has 1 spiro atoms. The zero-order chi connectivity index (χ0) is 16.6. The van der Waals surface area contributed by atoms with Gasteiger partial charge < -0.3 is 4.74 Å². The summed E-state index contributed by atoms with van der Waals surface area (Å²) in [5.74, 6) is 0.671. The highest BCUT2D eigenvalue weighted by Gasteiger charge is 2.63. The van der Waals surface area contributed by atoms with Crippen molar-refractivity contribution in [2.24, 2.45) is 5.92 Å². The SMILES string of the molecule is CCCCCCCCC1CC2=CC(=O)O[C@@]23C[C@@H]1N1CCCC[C@@H]13. The Morgan fingerprint density at radius 3 is 2.92 bits per heavy atom. The highest BCUT2D eigenvalue weighted by atomic mass is 16.6. The standard InChI is InChI=1S/C21H33NO2/c1-2-3-4-5-6-7-10-16-13-17-14-20(23)24-21(17)15-18(16)22-12-9-8-11-19(21)22/h14,16,18-19H,2-13,15H2,1H3/t16?,18-,19+,21-/m0/s1. The quantitative estimate of drug-likeness (QED) is 0.504. The van der Waals surface area contributed by atoms with Crippen LogP contribution in [0.1, 0.15) is 84.0 Å². The molecule has 24 heavy (non-hydrogen) atoms. The zero-order valence-electron chi connectivity index (χ0n) is 15.3. The molecule has 1 aliphatic carbocycles. The summed E-state index contributed by atoms with van der Waals surface area (Å²) in [5.41, 5.74) is 1.12. The number of nitrogens with zero attached hydrogens (tertiary/aromatic N) is 1. The maximum absolute atomic E-state index is 12.0. The molecule has 3 nitrogen and oxygen atoms in total. The predicted molar refractivity (Wildman–Crippen MR) is 95.8 cm³/mol. The smallest absolute Gasteiger partial charge is 0.331 e. The first kappa shape index (κ1) is 16.6. The third-order valence-corrected chi connectivity index (χ3v) is 7.09. The number of carbonyl (C=O) groups is 1. The van der Waals surface area contributed by atoms with Crippen LogP contribution in [0.5, 0.6) is 0 Å². The van der Waals surface area contributed by atoms with E-state index in [9.17, 15) is 4.79 Å². The van der Waals surface area contributed by atoms with E-state index in [0.29, 0.717) is 12.1 Å². The molecule has 3 heterocycles. The minimum absolute atomic E-state index is 0.0728. The summed E-state index contributed by atoms with van der Waals surface area (Å²) in [5, 5.41) is 0. The van der Waals surface area contributed by atoms with Crippen LogP contribution in [0.25, 0.3) is 0 Å². The van der Waals surface area contributed by atoms with Crippen molar-refractivity contribution >= 4 is 5.97 Å². The van der Waals surface area contributed by atoms with Gasteiger partial charge in [0.15, 0.2) is 5.60 Å². The second-order valence-electron chi connectivity index (χ2n) is 8.52. The van der Waals surface area contributed by atoms with E-state index in [1.54, 1.807) is 0 Å². The third-order valence-electron chi connectivity index (χ3n) is 7.09. The van der Waals surface area contributed by atoms with Gasteiger partial charge in [-0.1, -0.05) is 51.9 Å². The summed E-state index contributed by atoms with van der Waals surface area (Å²) in [6.07, 6.45) is 17.4. The van der Waals surface area contributed by atoms with Gasteiger partial charge in [-0.15, -0.1) is 0 Å². The number of hydrogen-bond acceptors (Lipinski definition) is 3. The molecule has 1 saturated carbocycles. The maximum atomic E-state index is 12.0. The Morgan fingerprint density at radius 2 is 2.04 bits per heavy atom. The first-order valence-electron chi connectivity index (χ1n) is 10.4. The van der Waals surface area contributed by atoms with Crippen LogP contribution in [-0.4, -0.2) is 35.1 Å². The number of esters is 1. The van der Waals surface area contributed by atoms with E-state index in [0.717, 1.165) is 18.8 Å². The molecule has 0 amide bonds. The monoisotopic (exact) mass is 331 g/mol. The first-order valence-corrected chi connectivity index (χ1v) is 10.4. The van der Waals surface area contributed by atoms with Crippen LogP contribution in [0.3, 0.4) is 0 Å². The van der Waals surface area contributed by atoms with E-state index in [4.69, 9.17) is 4.74 Å². The van der Waals surface area contributed by atoms with Gasteiger partial charge >= 0.3 is 5.97 Å². The van der Waals surface area contributed by atoms with Gasteiger partial charge in [-0.25, -0.2) is 4.79 Å². The van der Waals surface area contributed by atoms with Crippen molar-refractivity contribution < 1.29 is 9.53 Å². The number of hydrogen-bond donors (Lipinski definition) is 0. The molecule has 0 N–H and O–H groups in total. The van der Waals surface area contributed by atoms with Crippen molar-refractivity contribution in [3.63, 3.8) is 0 Å². The second kappa shape index (κ2) is 6.82. The molecule has 2 saturated heterocycles. The molecule has 134 valence electrons. The number of ether oxygens (including phenoxy) is 1. The van der Waals surface area contributed by atoms with Crippen molar-refractivity contribution in [2.45, 2.75) is 102 Å². The molecule has 0 radical (unpaired) electrons. The Hall–Kier alpha value is -0.830. The van der Waals surface area contributed by atoms with Gasteiger partial charge in [0.05, 0.1) is 6.04 Å².